The number of nitrogens with one attached hydrogen (secondary N) is 1. The van der Waals surface area contributed by atoms with Crippen LogP contribution >= 0.6 is 11.8 Å². The zero-order valence-electron chi connectivity index (χ0n) is 13.9. The fourth-order valence-corrected chi connectivity index (χ4v) is 2.93. The van der Waals surface area contributed by atoms with Crippen molar-refractivity contribution < 1.29 is 22.8 Å². The molecule has 0 saturated carbocycles. The zero-order chi connectivity index (χ0) is 20.2. The number of hydrogen-bond donors (Lipinski definition) is 2. The first-order chi connectivity index (χ1) is 12.6. The summed E-state index contributed by atoms with van der Waals surface area (Å²) in [5, 5.41) is 11.5. The lowest BCUT2D eigenvalue weighted by Gasteiger charge is -2.11. The number of primary amides is 1. The Morgan fingerprint density at radius 2 is 1.93 bits per heavy atom. The van der Waals surface area contributed by atoms with Gasteiger partial charge in [0.05, 0.1) is 11.3 Å². The van der Waals surface area contributed by atoms with Crippen molar-refractivity contribution in [2.45, 2.75) is 18.1 Å². The Kier molecular flexibility index (Phi) is 6.07. The van der Waals surface area contributed by atoms with E-state index < -0.39 is 23.7 Å². The van der Waals surface area contributed by atoms with Crippen LogP contribution in [0.5, 0.6) is 0 Å². The van der Waals surface area contributed by atoms with Crippen molar-refractivity contribution in [3.05, 3.63) is 52.7 Å². The van der Waals surface area contributed by atoms with E-state index in [-0.39, 0.29) is 27.5 Å². The van der Waals surface area contributed by atoms with Crippen LogP contribution < -0.4 is 11.1 Å². The summed E-state index contributed by atoms with van der Waals surface area (Å²) < 4.78 is 38.7. The fourth-order valence-electron chi connectivity index (χ4n) is 2.08. The topological polar surface area (TPSA) is 109 Å². The molecular formula is C17H13F3N4O2S. The molecule has 2 amide bonds. The van der Waals surface area contributed by atoms with Gasteiger partial charge in [-0.25, -0.2) is 4.98 Å². The molecule has 10 heteroatoms. The molecule has 1 aromatic carbocycles. The van der Waals surface area contributed by atoms with Crippen LogP contribution in [0.15, 0.2) is 35.4 Å². The molecule has 6 nitrogen and oxygen atoms in total. The lowest BCUT2D eigenvalue weighted by atomic mass is 10.1. The van der Waals surface area contributed by atoms with Gasteiger partial charge in [0.25, 0.3) is 0 Å². The van der Waals surface area contributed by atoms with Gasteiger partial charge >= 0.3 is 6.18 Å². The summed E-state index contributed by atoms with van der Waals surface area (Å²) in [5.74, 6) is -1.37. The van der Waals surface area contributed by atoms with Crippen LogP contribution in [-0.4, -0.2) is 22.6 Å². The van der Waals surface area contributed by atoms with E-state index >= 15 is 0 Å². The minimum Gasteiger partial charge on any atom is -0.366 e. The quantitative estimate of drug-likeness (QED) is 0.758. The lowest BCUT2D eigenvalue weighted by molar-refractivity contribution is -0.141. The summed E-state index contributed by atoms with van der Waals surface area (Å²) in [4.78, 5) is 26.5. The van der Waals surface area contributed by atoms with Crippen molar-refractivity contribution in [2.75, 3.05) is 11.1 Å². The summed E-state index contributed by atoms with van der Waals surface area (Å²) in [6, 6.07) is 8.39. The van der Waals surface area contributed by atoms with Crippen molar-refractivity contribution in [2.24, 2.45) is 5.73 Å². The highest BCUT2D eigenvalue weighted by molar-refractivity contribution is 8.00. The van der Waals surface area contributed by atoms with Gasteiger partial charge in [0.15, 0.2) is 0 Å². The number of nitrogens with two attached hydrogens (primary N) is 1. The van der Waals surface area contributed by atoms with Gasteiger partial charge in [0, 0.05) is 11.3 Å². The Hall–Kier alpha value is -3.06. The summed E-state index contributed by atoms with van der Waals surface area (Å²) in [7, 11) is 0. The van der Waals surface area contributed by atoms with Crippen LogP contribution in [-0.2, 0) is 11.0 Å². The Labute approximate surface area is 156 Å². The number of thioether (sulfide) groups is 1. The van der Waals surface area contributed by atoms with Crippen LogP contribution in [0.2, 0.25) is 0 Å². The molecule has 0 aliphatic heterocycles. The second kappa shape index (κ2) is 8.09. The highest BCUT2D eigenvalue weighted by atomic mass is 32.2. The maximum absolute atomic E-state index is 12.9. The first-order valence-corrected chi connectivity index (χ1v) is 8.42. The number of rotatable bonds is 5. The normalized spacial score (nSPS) is 10.9. The first-order valence-electron chi connectivity index (χ1n) is 7.43. The van der Waals surface area contributed by atoms with E-state index in [2.05, 4.69) is 10.3 Å². The number of nitriles is 1. The first kappa shape index (κ1) is 20.3. The van der Waals surface area contributed by atoms with Crippen molar-refractivity contribution in [3.63, 3.8) is 0 Å². The van der Waals surface area contributed by atoms with Gasteiger partial charge in [-0.15, -0.1) is 0 Å². The Balaban J connectivity index is 2.11. The predicted molar refractivity (Wildman–Crippen MR) is 93.0 cm³/mol. The van der Waals surface area contributed by atoms with E-state index in [4.69, 9.17) is 11.0 Å². The minimum absolute atomic E-state index is 0.00777. The molecule has 2 aromatic rings. The minimum atomic E-state index is -4.65. The molecule has 0 aliphatic rings. The van der Waals surface area contributed by atoms with Crippen LogP contribution in [0.3, 0.4) is 0 Å². The number of alkyl halides is 3. The zero-order valence-corrected chi connectivity index (χ0v) is 14.7. The van der Waals surface area contributed by atoms with E-state index in [1.54, 1.807) is 6.07 Å². The van der Waals surface area contributed by atoms with Gasteiger partial charge in [-0.2, -0.15) is 18.4 Å². The monoisotopic (exact) mass is 394 g/mol. The van der Waals surface area contributed by atoms with Crippen LogP contribution in [0.1, 0.15) is 27.2 Å². The number of benzene rings is 1. The second-order valence-electron chi connectivity index (χ2n) is 5.39. The molecule has 0 spiro atoms. The number of hydrogen-bond acceptors (Lipinski definition) is 5. The van der Waals surface area contributed by atoms with E-state index in [0.29, 0.717) is 5.69 Å². The largest absolute Gasteiger partial charge is 0.433 e. The Morgan fingerprint density at radius 3 is 2.44 bits per heavy atom. The van der Waals surface area contributed by atoms with E-state index in [9.17, 15) is 22.8 Å². The molecule has 1 aromatic heterocycles. The molecule has 0 bridgehead atoms. The summed E-state index contributed by atoms with van der Waals surface area (Å²) in [6.07, 6.45) is -4.65. The number of amides is 2. The maximum Gasteiger partial charge on any atom is 0.433 e. The lowest BCUT2D eigenvalue weighted by Crippen LogP contribution is -2.16. The SMILES string of the molecule is Cc1cc(C(F)(F)F)nc(SCC(=O)Nc2ccc(C(N)=O)cc2)c1C#N. The summed E-state index contributed by atoms with van der Waals surface area (Å²) >= 11 is 0.732. The highest BCUT2D eigenvalue weighted by Crippen LogP contribution is 2.32. The maximum atomic E-state index is 12.9. The molecule has 27 heavy (non-hydrogen) atoms. The van der Waals surface area contributed by atoms with E-state index in [1.165, 1.54) is 31.2 Å². The molecule has 0 saturated heterocycles. The number of aryl methyl sites for hydroxylation is 1. The number of nitrogens with zero attached hydrogens (tertiary/aromatic N) is 2. The number of carbonyl (C=O) groups is 2. The van der Waals surface area contributed by atoms with Gasteiger partial charge in [0.1, 0.15) is 16.8 Å². The molecule has 0 radical (unpaired) electrons. The van der Waals surface area contributed by atoms with E-state index in [1.807, 2.05) is 0 Å². The molecule has 3 N–H and O–H groups in total. The average Bonchev–Trinajstić information content (AvgIpc) is 2.59. The van der Waals surface area contributed by atoms with Gasteiger partial charge in [-0.1, -0.05) is 11.8 Å². The van der Waals surface area contributed by atoms with Crippen molar-refractivity contribution >= 4 is 29.3 Å². The summed E-state index contributed by atoms with van der Waals surface area (Å²) in [6.45, 7) is 1.37. The smallest absolute Gasteiger partial charge is 0.366 e. The van der Waals surface area contributed by atoms with Gasteiger partial charge in [0.2, 0.25) is 11.8 Å². The molecule has 0 fully saturated rings. The molecule has 0 unspecified atom stereocenters. The highest BCUT2D eigenvalue weighted by Gasteiger charge is 2.34. The van der Waals surface area contributed by atoms with Crippen molar-refractivity contribution in [1.29, 1.82) is 5.26 Å². The molecule has 2 rings (SSSR count). The second-order valence-corrected chi connectivity index (χ2v) is 6.36. The number of carbonyl (C=O) groups excluding carboxylic acids is 2. The Bertz CT molecular complexity index is 922. The van der Waals surface area contributed by atoms with Crippen LogP contribution in [0, 0.1) is 18.3 Å². The average molecular weight is 394 g/mol. The van der Waals surface area contributed by atoms with Gasteiger partial charge < -0.3 is 11.1 Å². The Morgan fingerprint density at radius 1 is 1.30 bits per heavy atom. The number of aromatic nitrogens is 1. The molecule has 140 valence electrons. The number of pyridine rings is 1. The van der Waals surface area contributed by atoms with Crippen molar-refractivity contribution in [1.82, 2.24) is 4.98 Å². The predicted octanol–water partition coefficient (Wildman–Crippen LogP) is 3.11. The van der Waals surface area contributed by atoms with Crippen LogP contribution in [0.4, 0.5) is 18.9 Å². The van der Waals surface area contributed by atoms with Gasteiger partial charge in [-0.3, -0.25) is 9.59 Å². The molecule has 1 heterocycles. The van der Waals surface area contributed by atoms with Gasteiger partial charge in [-0.05, 0) is 42.8 Å². The third kappa shape index (κ3) is 5.21. The third-order valence-corrected chi connectivity index (χ3v) is 4.35. The van der Waals surface area contributed by atoms with Crippen molar-refractivity contribution in [3.8, 4) is 6.07 Å². The summed E-state index contributed by atoms with van der Waals surface area (Å²) in [5.41, 5.74) is 4.77. The molecule has 0 aliphatic carbocycles. The molecular weight excluding hydrogens is 381 g/mol. The fraction of sp³-hybridized carbons (Fsp3) is 0.176. The molecule has 0 atom stereocenters. The third-order valence-electron chi connectivity index (χ3n) is 3.38. The standard InChI is InChI=1S/C17H13F3N4O2S/c1-9-6-13(17(18,19)20)24-16(12(9)7-21)27-8-14(25)23-11-4-2-10(3-5-11)15(22)26/h2-6H,8H2,1H3,(H2,22,26)(H,23,25). The number of halogens is 3. The van der Waals surface area contributed by atoms with Crippen LogP contribution in [0.25, 0.3) is 0 Å². The number of anilines is 1. The van der Waals surface area contributed by atoms with E-state index in [0.717, 1.165) is 17.8 Å².